The van der Waals surface area contributed by atoms with Crippen LogP contribution in [0.3, 0.4) is 0 Å². The van der Waals surface area contributed by atoms with Crippen molar-refractivity contribution in [1.29, 1.82) is 0 Å². The van der Waals surface area contributed by atoms with Gasteiger partial charge < -0.3 is 9.47 Å². The van der Waals surface area contributed by atoms with E-state index < -0.39 is 0 Å². The fourth-order valence-corrected chi connectivity index (χ4v) is 2.52. The van der Waals surface area contributed by atoms with E-state index in [-0.39, 0.29) is 11.7 Å². The summed E-state index contributed by atoms with van der Waals surface area (Å²) < 4.78 is 11.6. The Balaban J connectivity index is 1.97. The van der Waals surface area contributed by atoms with Gasteiger partial charge in [0.05, 0.1) is 5.69 Å². The third kappa shape index (κ3) is 2.83. The first-order valence-electron chi connectivity index (χ1n) is 7.05. The zero-order valence-corrected chi connectivity index (χ0v) is 12.5. The van der Waals surface area contributed by atoms with Crippen LogP contribution in [0.15, 0.2) is 48.7 Å². The number of nitrogens with zero attached hydrogens (tertiary/aromatic N) is 1. The summed E-state index contributed by atoms with van der Waals surface area (Å²) in [5.41, 5.74) is 2.80. The Labute approximate surface area is 125 Å². The molecule has 2 aromatic rings. The molecule has 0 amide bonds. The topological polar surface area (TPSA) is 31.4 Å². The first-order chi connectivity index (χ1) is 10.1. The molecule has 1 atom stereocenters. The highest BCUT2D eigenvalue weighted by Crippen LogP contribution is 2.34. The van der Waals surface area contributed by atoms with E-state index in [4.69, 9.17) is 9.47 Å². The zero-order valence-electron chi connectivity index (χ0n) is 12.5. The molecule has 3 heteroatoms. The molecule has 2 heterocycles. The third-order valence-corrected chi connectivity index (χ3v) is 3.57. The highest BCUT2D eigenvalue weighted by Gasteiger charge is 2.23. The predicted octanol–water partition coefficient (Wildman–Crippen LogP) is 4.00. The van der Waals surface area contributed by atoms with Crippen LogP contribution < -0.4 is 4.74 Å². The molecule has 0 fully saturated rings. The minimum atomic E-state index is -0.254. The lowest BCUT2D eigenvalue weighted by molar-refractivity contribution is 0.132. The molecule has 3 rings (SSSR count). The molecule has 0 saturated carbocycles. The van der Waals surface area contributed by atoms with Crippen LogP contribution in [0.25, 0.3) is 6.08 Å². The normalized spacial score (nSPS) is 16.9. The number of methoxy groups -OCH3 is 1. The van der Waals surface area contributed by atoms with Crippen molar-refractivity contribution in [3.05, 3.63) is 65.5 Å². The molecule has 1 aliphatic heterocycles. The largest absolute Gasteiger partial charge is 0.483 e. The minimum Gasteiger partial charge on any atom is -0.483 e. The van der Waals surface area contributed by atoms with E-state index >= 15 is 0 Å². The summed E-state index contributed by atoms with van der Waals surface area (Å²) in [6, 6.07) is 12.0. The minimum absolute atomic E-state index is 0.167. The molecule has 0 spiro atoms. The fraction of sp³-hybridized carbons (Fsp3) is 0.278. The molecule has 0 saturated heterocycles. The summed E-state index contributed by atoms with van der Waals surface area (Å²) >= 11 is 0. The van der Waals surface area contributed by atoms with Crippen LogP contribution in [0.2, 0.25) is 0 Å². The van der Waals surface area contributed by atoms with Gasteiger partial charge in [-0.2, -0.15) is 0 Å². The van der Waals surface area contributed by atoms with Crippen molar-refractivity contribution in [2.24, 2.45) is 0 Å². The second-order valence-corrected chi connectivity index (χ2v) is 5.71. The molecule has 21 heavy (non-hydrogen) atoms. The van der Waals surface area contributed by atoms with Crippen LogP contribution >= 0.6 is 0 Å². The van der Waals surface area contributed by atoms with Crippen LogP contribution in [0, 0.1) is 0 Å². The molecular weight excluding hydrogens is 262 g/mol. The summed E-state index contributed by atoms with van der Waals surface area (Å²) in [6.45, 7) is 4.10. The molecule has 1 unspecified atom stereocenters. The van der Waals surface area contributed by atoms with Gasteiger partial charge >= 0.3 is 0 Å². The molecule has 108 valence electrons. The Bertz CT molecular complexity index is 662. The van der Waals surface area contributed by atoms with Crippen molar-refractivity contribution < 1.29 is 9.47 Å². The van der Waals surface area contributed by atoms with Crippen molar-refractivity contribution >= 4 is 6.08 Å². The van der Waals surface area contributed by atoms with E-state index in [9.17, 15) is 0 Å². The van der Waals surface area contributed by atoms with Gasteiger partial charge in [0, 0.05) is 18.9 Å². The highest BCUT2D eigenvalue weighted by atomic mass is 16.5. The molecule has 1 aromatic carbocycles. The van der Waals surface area contributed by atoms with Gasteiger partial charge in [-0.1, -0.05) is 18.2 Å². The molecule has 1 aliphatic rings. The van der Waals surface area contributed by atoms with Crippen molar-refractivity contribution in [1.82, 2.24) is 4.98 Å². The number of aromatic nitrogens is 1. The number of hydrogen-bond acceptors (Lipinski definition) is 3. The Hall–Kier alpha value is -2.13. The maximum atomic E-state index is 5.95. The lowest BCUT2D eigenvalue weighted by atomic mass is 9.98. The van der Waals surface area contributed by atoms with Gasteiger partial charge in [0.1, 0.15) is 17.5 Å². The third-order valence-electron chi connectivity index (χ3n) is 3.57. The first kappa shape index (κ1) is 13.8. The number of fused-ring (bicyclic) bond motifs is 1. The number of rotatable bonds is 3. The predicted molar refractivity (Wildman–Crippen MR) is 83.3 cm³/mol. The van der Waals surface area contributed by atoms with Crippen molar-refractivity contribution in [3.63, 3.8) is 0 Å². The van der Waals surface area contributed by atoms with Gasteiger partial charge in [-0.15, -0.1) is 0 Å². The maximum Gasteiger partial charge on any atom is 0.127 e. The van der Waals surface area contributed by atoms with Gasteiger partial charge in [0.15, 0.2) is 0 Å². The summed E-state index contributed by atoms with van der Waals surface area (Å²) in [5.74, 6) is 0.905. The maximum absolute atomic E-state index is 5.95. The SMILES string of the molecule is COC(c1ccc2c(c1)C=CC(C)(C)O2)c1ccccn1. The van der Waals surface area contributed by atoms with Crippen LogP contribution in [-0.2, 0) is 4.74 Å². The van der Waals surface area contributed by atoms with Gasteiger partial charge in [-0.05, 0) is 49.8 Å². The summed E-state index contributed by atoms with van der Waals surface area (Å²) in [7, 11) is 1.70. The van der Waals surface area contributed by atoms with Crippen LogP contribution in [0.1, 0.15) is 36.8 Å². The Morgan fingerprint density at radius 3 is 2.76 bits per heavy atom. The molecule has 0 radical (unpaired) electrons. The van der Waals surface area contributed by atoms with Crippen LogP contribution in [-0.4, -0.2) is 17.7 Å². The summed E-state index contributed by atoms with van der Waals surface area (Å²) in [4.78, 5) is 4.39. The highest BCUT2D eigenvalue weighted by molar-refractivity contribution is 5.62. The molecular formula is C18H19NO2. The number of hydrogen-bond donors (Lipinski definition) is 0. The van der Waals surface area contributed by atoms with Gasteiger partial charge in [0.2, 0.25) is 0 Å². The van der Waals surface area contributed by atoms with Crippen LogP contribution in [0.5, 0.6) is 5.75 Å². The van der Waals surface area contributed by atoms with Gasteiger partial charge in [-0.25, -0.2) is 0 Å². The zero-order chi connectivity index (χ0) is 14.9. The van der Waals surface area contributed by atoms with Crippen LogP contribution in [0.4, 0.5) is 0 Å². The van der Waals surface area contributed by atoms with E-state index in [0.29, 0.717) is 0 Å². The second-order valence-electron chi connectivity index (χ2n) is 5.71. The lowest BCUT2D eigenvalue weighted by Crippen LogP contribution is -2.27. The average Bonchev–Trinajstić information content (AvgIpc) is 2.48. The number of ether oxygens (including phenoxy) is 2. The molecule has 3 nitrogen and oxygen atoms in total. The lowest BCUT2D eigenvalue weighted by Gasteiger charge is -2.28. The molecule has 0 bridgehead atoms. The number of benzene rings is 1. The standard InChI is InChI=1S/C18H19NO2/c1-18(2)10-9-13-12-14(7-8-16(13)21-18)17(20-3)15-6-4-5-11-19-15/h4-12,17H,1-3H3. The second kappa shape index (κ2) is 5.34. The quantitative estimate of drug-likeness (QED) is 0.852. The van der Waals surface area contributed by atoms with E-state index in [1.165, 1.54) is 0 Å². The first-order valence-corrected chi connectivity index (χ1v) is 7.05. The smallest absolute Gasteiger partial charge is 0.127 e. The number of pyridine rings is 1. The van der Waals surface area contributed by atoms with Crippen molar-refractivity contribution in [2.45, 2.75) is 25.6 Å². The summed E-state index contributed by atoms with van der Waals surface area (Å²) in [5, 5.41) is 0. The van der Waals surface area contributed by atoms with Gasteiger partial charge in [0.25, 0.3) is 0 Å². The van der Waals surface area contributed by atoms with Crippen molar-refractivity contribution in [2.75, 3.05) is 7.11 Å². The Morgan fingerprint density at radius 2 is 2.05 bits per heavy atom. The van der Waals surface area contributed by atoms with Crippen molar-refractivity contribution in [3.8, 4) is 5.75 Å². The fourth-order valence-electron chi connectivity index (χ4n) is 2.52. The molecule has 1 aromatic heterocycles. The van der Waals surface area contributed by atoms with E-state index in [1.54, 1.807) is 13.3 Å². The van der Waals surface area contributed by atoms with E-state index in [1.807, 2.05) is 44.2 Å². The Kier molecular flexibility index (Phi) is 3.52. The monoisotopic (exact) mass is 281 g/mol. The molecule has 0 N–H and O–H groups in total. The average molecular weight is 281 g/mol. The molecule has 0 aliphatic carbocycles. The Morgan fingerprint density at radius 1 is 1.19 bits per heavy atom. The van der Waals surface area contributed by atoms with E-state index in [0.717, 1.165) is 22.6 Å². The summed E-state index contributed by atoms with van der Waals surface area (Å²) in [6.07, 6.45) is 5.79. The van der Waals surface area contributed by atoms with E-state index in [2.05, 4.69) is 23.2 Å². The van der Waals surface area contributed by atoms with Gasteiger partial charge in [-0.3, -0.25) is 4.98 Å².